The number of nitrogens with zero attached hydrogens (tertiary/aromatic N) is 2. The van der Waals surface area contributed by atoms with Crippen LogP contribution in [0.2, 0.25) is 0 Å². The van der Waals surface area contributed by atoms with Crippen molar-refractivity contribution in [1.82, 2.24) is 15.3 Å². The van der Waals surface area contributed by atoms with Gasteiger partial charge in [0.1, 0.15) is 11.9 Å². The average molecular weight is 295 g/mol. The maximum absolute atomic E-state index is 12.1. The van der Waals surface area contributed by atoms with Crippen LogP contribution >= 0.6 is 11.8 Å². The normalized spacial score (nSPS) is 25.6. The molecular weight excluding hydrogens is 274 g/mol. The zero-order valence-electron chi connectivity index (χ0n) is 12.0. The number of hydrogen-bond donors (Lipinski definition) is 1. The van der Waals surface area contributed by atoms with Gasteiger partial charge >= 0.3 is 5.97 Å². The van der Waals surface area contributed by atoms with Gasteiger partial charge in [-0.15, -0.1) is 11.8 Å². The lowest BCUT2D eigenvalue weighted by Crippen LogP contribution is -2.51. The molecule has 1 aromatic heterocycles. The molecule has 1 N–H and O–H groups in total. The molecule has 0 amide bonds. The Bertz CT molecular complexity index is 443. The first kappa shape index (κ1) is 15.3. The second kappa shape index (κ2) is 7.04. The largest absolute Gasteiger partial charge is 0.468 e. The molecule has 0 radical (unpaired) electrons. The second-order valence-corrected chi connectivity index (χ2v) is 6.35. The predicted molar refractivity (Wildman–Crippen MR) is 78.6 cm³/mol. The van der Waals surface area contributed by atoms with Crippen molar-refractivity contribution in [3.05, 3.63) is 18.6 Å². The van der Waals surface area contributed by atoms with Gasteiger partial charge in [0, 0.05) is 11.4 Å². The van der Waals surface area contributed by atoms with Crippen molar-refractivity contribution < 1.29 is 9.53 Å². The molecule has 0 bridgehead atoms. The number of esters is 1. The molecule has 0 spiro atoms. The lowest BCUT2D eigenvalue weighted by Gasteiger charge is -2.27. The monoisotopic (exact) mass is 295 g/mol. The van der Waals surface area contributed by atoms with Crippen LogP contribution < -0.4 is 5.32 Å². The number of thioether (sulfide) groups is 1. The topological polar surface area (TPSA) is 64.1 Å². The van der Waals surface area contributed by atoms with E-state index in [9.17, 15) is 4.79 Å². The molecule has 1 aliphatic rings. The first-order valence-electron chi connectivity index (χ1n) is 6.96. The van der Waals surface area contributed by atoms with Gasteiger partial charge in [-0.2, -0.15) is 0 Å². The van der Waals surface area contributed by atoms with Gasteiger partial charge in [0.15, 0.2) is 0 Å². The fraction of sp³-hybridized carbons (Fsp3) is 0.643. The summed E-state index contributed by atoms with van der Waals surface area (Å²) in [5, 5.41) is 4.73. The quantitative estimate of drug-likeness (QED) is 0.640. The lowest BCUT2D eigenvalue weighted by atomic mass is 9.97. The summed E-state index contributed by atoms with van der Waals surface area (Å²) in [7, 11) is 1.46. The molecule has 0 aliphatic heterocycles. The maximum atomic E-state index is 12.1. The smallest absolute Gasteiger partial charge is 0.326 e. The molecule has 2 atom stereocenters. The molecule has 6 heteroatoms. The van der Waals surface area contributed by atoms with Gasteiger partial charge < -0.3 is 10.1 Å². The van der Waals surface area contributed by atoms with Gasteiger partial charge in [0.05, 0.1) is 12.1 Å². The fourth-order valence-corrected chi connectivity index (χ4v) is 3.79. The van der Waals surface area contributed by atoms with Crippen LogP contribution in [0.4, 0.5) is 0 Å². The number of aromatic nitrogens is 2. The number of ether oxygens (including phenoxy) is 1. The molecule has 1 aliphatic carbocycles. The van der Waals surface area contributed by atoms with Gasteiger partial charge in [-0.1, -0.05) is 6.92 Å². The first-order chi connectivity index (χ1) is 9.70. The highest BCUT2D eigenvalue weighted by Crippen LogP contribution is 2.40. The summed E-state index contributed by atoms with van der Waals surface area (Å²) in [5.74, 6) is -0.142. The van der Waals surface area contributed by atoms with Crippen LogP contribution in [0.3, 0.4) is 0 Å². The summed E-state index contributed by atoms with van der Waals surface area (Å²) in [6.45, 7) is 2.93. The predicted octanol–water partition coefficient (Wildman–Crippen LogP) is 2.03. The number of rotatable bonds is 6. The molecular formula is C14H21N3O2S. The third-order valence-corrected chi connectivity index (χ3v) is 4.82. The molecule has 20 heavy (non-hydrogen) atoms. The van der Waals surface area contributed by atoms with Gasteiger partial charge in [0.25, 0.3) is 0 Å². The lowest BCUT2D eigenvalue weighted by molar-refractivity contribution is -0.148. The number of methoxy groups -OCH3 is 1. The van der Waals surface area contributed by atoms with Crippen LogP contribution in [0.5, 0.6) is 0 Å². The molecule has 1 saturated carbocycles. The van der Waals surface area contributed by atoms with E-state index in [1.165, 1.54) is 7.11 Å². The van der Waals surface area contributed by atoms with E-state index >= 15 is 0 Å². The van der Waals surface area contributed by atoms with Gasteiger partial charge in [-0.3, -0.25) is 4.79 Å². The maximum Gasteiger partial charge on any atom is 0.326 e. The van der Waals surface area contributed by atoms with Crippen LogP contribution in [0, 0.1) is 0 Å². The summed E-state index contributed by atoms with van der Waals surface area (Å²) in [6, 6.07) is 1.91. The summed E-state index contributed by atoms with van der Waals surface area (Å²) in [4.78, 5) is 20.3. The van der Waals surface area contributed by atoms with Crippen molar-refractivity contribution in [3.63, 3.8) is 0 Å². The van der Waals surface area contributed by atoms with Gasteiger partial charge in [-0.25, -0.2) is 9.97 Å². The van der Waals surface area contributed by atoms with E-state index in [1.54, 1.807) is 24.3 Å². The Morgan fingerprint density at radius 2 is 2.50 bits per heavy atom. The number of carbonyl (C=O) groups is 1. The minimum atomic E-state index is -0.518. The van der Waals surface area contributed by atoms with Crippen LogP contribution in [0.1, 0.15) is 32.6 Å². The van der Waals surface area contributed by atoms with E-state index < -0.39 is 5.54 Å². The third kappa shape index (κ3) is 3.49. The van der Waals surface area contributed by atoms with E-state index in [1.807, 2.05) is 6.07 Å². The Labute approximate surface area is 123 Å². The van der Waals surface area contributed by atoms with Gasteiger partial charge in [0.2, 0.25) is 0 Å². The Kier molecular flexibility index (Phi) is 5.37. The van der Waals surface area contributed by atoms with Crippen molar-refractivity contribution in [2.75, 3.05) is 13.7 Å². The van der Waals surface area contributed by atoms with Gasteiger partial charge in [-0.05, 0) is 38.3 Å². The summed E-state index contributed by atoms with van der Waals surface area (Å²) in [6.07, 6.45) is 6.90. The molecule has 0 aromatic carbocycles. The molecule has 1 fully saturated rings. The Hall–Kier alpha value is -1.14. The van der Waals surface area contributed by atoms with E-state index in [-0.39, 0.29) is 5.97 Å². The molecule has 110 valence electrons. The zero-order chi connectivity index (χ0) is 14.4. The third-order valence-electron chi connectivity index (χ3n) is 3.60. The van der Waals surface area contributed by atoms with Crippen LogP contribution in [0.25, 0.3) is 0 Å². The average Bonchev–Trinajstić information content (AvgIpc) is 2.90. The minimum absolute atomic E-state index is 0.142. The highest BCUT2D eigenvalue weighted by molar-refractivity contribution is 7.99. The molecule has 1 heterocycles. The molecule has 5 nitrogen and oxygen atoms in total. The van der Waals surface area contributed by atoms with Crippen molar-refractivity contribution in [3.8, 4) is 0 Å². The van der Waals surface area contributed by atoms with E-state index in [0.717, 1.165) is 37.3 Å². The standard InChI is InChI=1S/C14H21N3O2S/c1-3-7-17-14(13(18)19-2)6-4-11(9-14)20-12-5-8-15-10-16-12/h5,8,10-11,17H,3-4,6-7,9H2,1-2H3. The fourth-order valence-electron chi connectivity index (χ4n) is 2.60. The first-order valence-corrected chi connectivity index (χ1v) is 7.84. The Balaban J connectivity index is 2.01. The summed E-state index contributed by atoms with van der Waals surface area (Å²) in [5.41, 5.74) is -0.518. The SMILES string of the molecule is CCCNC1(C(=O)OC)CCC(Sc2ccncn2)C1. The van der Waals surface area contributed by atoms with E-state index in [2.05, 4.69) is 22.2 Å². The minimum Gasteiger partial charge on any atom is -0.468 e. The summed E-state index contributed by atoms with van der Waals surface area (Å²) < 4.78 is 5.00. The Morgan fingerprint density at radius 3 is 3.15 bits per heavy atom. The second-order valence-electron chi connectivity index (χ2n) is 5.03. The molecule has 2 unspecified atom stereocenters. The number of carbonyl (C=O) groups excluding carboxylic acids is 1. The number of nitrogens with one attached hydrogen (secondary N) is 1. The van der Waals surface area contributed by atoms with Crippen molar-refractivity contribution in [1.29, 1.82) is 0 Å². The van der Waals surface area contributed by atoms with E-state index in [4.69, 9.17) is 4.74 Å². The molecule has 0 saturated heterocycles. The highest BCUT2D eigenvalue weighted by atomic mass is 32.2. The van der Waals surface area contributed by atoms with Crippen molar-refractivity contribution >= 4 is 17.7 Å². The highest BCUT2D eigenvalue weighted by Gasteiger charge is 2.46. The van der Waals surface area contributed by atoms with E-state index in [0.29, 0.717) is 5.25 Å². The van der Waals surface area contributed by atoms with Crippen molar-refractivity contribution in [2.45, 2.75) is 48.4 Å². The van der Waals surface area contributed by atoms with Crippen LogP contribution in [0.15, 0.2) is 23.6 Å². The molecule has 2 rings (SSSR count). The number of hydrogen-bond acceptors (Lipinski definition) is 6. The van der Waals surface area contributed by atoms with Crippen LogP contribution in [-0.2, 0) is 9.53 Å². The summed E-state index contributed by atoms with van der Waals surface area (Å²) >= 11 is 1.72. The zero-order valence-corrected chi connectivity index (χ0v) is 12.8. The molecule has 1 aromatic rings. The van der Waals surface area contributed by atoms with Crippen LogP contribution in [-0.4, -0.2) is 40.4 Å². The van der Waals surface area contributed by atoms with Crippen molar-refractivity contribution in [2.24, 2.45) is 0 Å². The Morgan fingerprint density at radius 1 is 1.65 bits per heavy atom.